The molecule has 1 saturated heterocycles. The lowest BCUT2D eigenvalue weighted by molar-refractivity contribution is 0.127. The van der Waals surface area contributed by atoms with Gasteiger partial charge in [-0.05, 0) is 31.7 Å². The van der Waals surface area contributed by atoms with Gasteiger partial charge in [-0.3, -0.25) is 9.36 Å². The molecular formula is C20H27F2N5O4S. The first-order chi connectivity index (χ1) is 15.1. The molecule has 2 fully saturated rings. The Bertz CT molecular complexity index is 1160. The number of nitrogens with zero attached hydrogens (tertiary/aromatic N) is 4. The molecule has 2 aromatic heterocycles. The van der Waals surface area contributed by atoms with E-state index in [1.807, 2.05) is 0 Å². The number of rotatable bonds is 5. The maximum atomic E-state index is 13.5. The molecule has 3 atom stereocenters. The quantitative estimate of drug-likeness (QED) is 0.684. The molecule has 1 saturated carbocycles. The van der Waals surface area contributed by atoms with E-state index in [1.54, 1.807) is 6.92 Å². The fourth-order valence-electron chi connectivity index (χ4n) is 4.68. The highest BCUT2D eigenvalue weighted by Gasteiger charge is 2.35. The minimum Gasteiger partial charge on any atom is -0.393 e. The molecule has 2 N–H and O–H groups in total. The average molecular weight is 472 g/mol. The highest BCUT2D eigenvalue weighted by atomic mass is 32.2. The van der Waals surface area contributed by atoms with Crippen LogP contribution in [-0.2, 0) is 10.0 Å². The molecule has 176 valence electrons. The average Bonchev–Trinajstić information content (AvgIpc) is 3.05. The van der Waals surface area contributed by atoms with E-state index < -0.39 is 39.7 Å². The fraction of sp³-hybridized carbons (Fsp3) is 0.650. The lowest BCUT2D eigenvalue weighted by Gasteiger charge is -2.30. The summed E-state index contributed by atoms with van der Waals surface area (Å²) in [6.45, 7) is 2.56. The largest absolute Gasteiger partial charge is 0.393 e. The van der Waals surface area contributed by atoms with Crippen molar-refractivity contribution in [3.05, 3.63) is 28.2 Å². The van der Waals surface area contributed by atoms with Crippen molar-refractivity contribution in [1.29, 1.82) is 0 Å². The Labute approximate surface area is 184 Å². The number of pyridine rings is 1. The van der Waals surface area contributed by atoms with Crippen molar-refractivity contribution in [3.63, 3.8) is 0 Å². The van der Waals surface area contributed by atoms with E-state index in [-0.39, 0.29) is 23.6 Å². The first kappa shape index (κ1) is 23.0. The van der Waals surface area contributed by atoms with E-state index in [0.717, 1.165) is 6.07 Å². The van der Waals surface area contributed by atoms with Gasteiger partial charge in [-0.1, -0.05) is 6.92 Å². The van der Waals surface area contributed by atoms with Gasteiger partial charge in [-0.15, -0.1) is 0 Å². The molecule has 2 aromatic rings. The second kappa shape index (κ2) is 8.64. The van der Waals surface area contributed by atoms with Crippen molar-refractivity contribution in [2.45, 2.75) is 57.2 Å². The topological polar surface area (TPSA) is 117 Å². The van der Waals surface area contributed by atoms with Gasteiger partial charge in [0.25, 0.3) is 12.0 Å². The van der Waals surface area contributed by atoms with E-state index >= 15 is 0 Å². The molecule has 2 aliphatic rings. The number of piperidine rings is 1. The molecule has 0 radical (unpaired) electrons. The monoisotopic (exact) mass is 471 g/mol. The summed E-state index contributed by atoms with van der Waals surface area (Å²) >= 11 is 0. The van der Waals surface area contributed by atoms with Gasteiger partial charge in [0.05, 0.1) is 17.9 Å². The van der Waals surface area contributed by atoms with Crippen molar-refractivity contribution in [3.8, 4) is 0 Å². The lowest BCUT2D eigenvalue weighted by atomic mass is 10.0. The number of hydrogen-bond acceptors (Lipinski definition) is 7. The number of aliphatic hydroxyl groups is 1. The molecule has 0 amide bonds. The smallest absolute Gasteiger partial charge is 0.269 e. The maximum absolute atomic E-state index is 13.5. The van der Waals surface area contributed by atoms with Crippen LogP contribution in [0.5, 0.6) is 0 Å². The number of aromatic nitrogens is 3. The Hall–Kier alpha value is -2.18. The minimum atomic E-state index is -3.24. The summed E-state index contributed by atoms with van der Waals surface area (Å²) in [6.07, 6.45) is 1.15. The van der Waals surface area contributed by atoms with Gasteiger partial charge >= 0.3 is 0 Å². The zero-order valence-corrected chi connectivity index (χ0v) is 18.7. The standard InChI is InChI=1S/C20H27F2N5O4S/c1-11-15(3-4-16(11)28)27-18-12(9-14(17(21)22)19(27)29)10-23-20(25-18)24-13-5-7-26(8-6-13)32(2,30)31/h9-11,13,15-17,28H,3-8H2,1-2H3,(H,23,24,25)/t11-,15+,16+/m1/s1. The van der Waals surface area contributed by atoms with Crippen molar-refractivity contribution >= 4 is 27.0 Å². The molecule has 4 rings (SSSR count). The fourth-order valence-corrected chi connectivity index (χ4v) is 5.55. The van der Waals surface area contributed by atoms with Crippen LogP contribution in [0.3, 0.4) is 0 Å². The number of sulfonamides is 1. The number of alkyl halides is 2. The third-order valence-electron chi connectivity index (χ3n) is 6.60. The summed E-state index contributed by atoms with van der Waals surface area (Å²) in [5.41, 5.74) is -1.16. The van der Waals surface area contributed by atoms with Crippen LogP contribution in [0, 0.1) is 5.92 Å². The minimum absolute atomic E-state index is 0.0572. The SMILES string of the molecule is C[C@H]1[C@@H](O)CC[C@@H]1n1c(=O)c(C(F)F)cc2cnc(NC3CCN(S(C)(=O)=O)CC3)nc21. The predicted molar refractivity (Wildman–Crippen MR) is 115 cm³/mol. The molecule has 0 spiro atoms. The van der Waals surface area contributed by atoms with Crippen LogP contribution in [0.25, 0.3) is 11.0 Å². The molecule has 0 bridgehead atoms. The maximum Gasteiger partial charge on any atom is 0.269 e. The first-order valence-electron chi connectivity index (χ1n) is 10.7. The molecule has 32 heavy (non-hydrogen) atoms. The van der Waals surface area contributed by atoms with Gasteiger partial charge in [-0.2, -0.15) is 4.98 Å². The van der Waals surface area contributed by atoms with Crippen LogP contribution >= 0.6 is 0 Å². The summed E-state index contributed by atoms with van der Waals surface area (Å²) < 4.78 is 53.2. The Balaban J connectivity index is 1.68. The van der Waals surface area contributed by atoms with Crippen LogP contribution in [0.1, 0.15) is 50.6 Å². The summed E-state index contributed by atoms with van der Waals surface area (Å²) in [5, 5.41) is 13.7. The Morgan fingerprint density at radius 3 is 2.47 bits per heavy atom. The van der Waals surface area contributed by atoms with Crippen LogP contribution < -0.4 is 10.9 Å². The van der Waals surface area contributed by atoms with Gasteiger partial charge in [-0.25, -0.2) is 26.5 Å². The van der Waals surface area contributed by atoms with Gasteiger partial charge in [0.1, 0.15) is 5.65 Å². The Morgan fingerprint density at radius 2 is 1.91 bits per heavy atom. The molecule has 1 aliphatic carbocycles. The number of hydrogen-bond donors (Lipinski definition) is 2. The van der Waals surface area contributed by atoms with E-state index in [0.29, 0.717) is 44.2 Å². The second-order valence-corrected chi connectivity index (χ2v) is 10.7. The highest BCUT2D eigenvalue weighted by Crippen LogP contribution is 2.37. The first-order valence-corrected chi connectivity index (χ1v) is 12.5. The van der Waals surface area contributed by atoms with Gasteiger partial charge < -0.3 is 10.4 Å². The normalized spacial score (nSPS) is 25.6. The molecule has 0 aromatic carbocycles. The molecule has 1 aliphatic heterocycles. The van der Waals surface area contributed by atoms with Crippen molar-refractivity contribution in [1.82, 2.24) is 18.8 Å². The van der Waals surface area contributed by atoms with Crippen LogP contribution in [-0.4, -0.2) is 63.9 Å². The van der Waals surface area contributed by atoms with Gasteiger partial charge in [0, 0.05) is 42.7 Å². The van der Waals surface area contributed by atoms with E-state index in [9.17, 15) is 27.1 Å². The zero-order valence-electron chi connectivity index (χ0n) is 17.9. The molecule has 9 nitrogen and oxygen atoms in total. The third kappa shape index (κ3) is 4.35. The third-order valence-corrected chi connectivity index (χ3v) is 7.90. The van der Waals surface area contributed by atoms with Crippen LogP contribution in [0.2, 0.25) is 0 Å². The van der Waals surface area contributed by atoms with Crippen molar-refractivity contribution in [2.24, 2.45) is 5.92 Å². The summed E-state index contributed by atoms with van der Waals surface area (Å²) in [4.78, 5) is 21.7. The zero-order chi connectivity index (χ0) is 23.2. The molecule has 0 unspecified atom stereocenters. The van der Waals surface area contributed by atoms with Gasteiger partial charge in [0.15, 0.2) is 0 Å². The number of halogens is 2. The summed E-state index contributed by atoms with van der Waals surface area (Å²) in [5.74, 6) is -0.0324. The predicted octanol–water partition coefficient (Wildman–Crippen LogP) is 1.90. The number of fused-ring (bicyclic) bond motifs is 1. The van der Waals surface area contributed by atoms with E-state index in [1.165, 1.54) is 21.3 Å². The number of anilines is 1. The van der Waals surface area contributed by atoms with Crippen molar-refractivity contribution in [2.75, 3.05) is 24.7 Å². The summed E-state index contributed by atoms with van der Waals surface area (Å²) in [7, 11) is -3.24. The van der Waals surface area contributed by atoms with Crippen molar-refractivity contribution < 1.29 is 22.3 Å². The summed E-state index contributed by atoms with van der Waals surface area (Å²) in [6, 6.07) is 0.626. The number of nitrogens with one attached hydrogen (secondary N) is 1. The Kier molecular flexibility index (Phi) is 6.21. The van der Waals surface area contributed by atoms with Gasteiger partial charge in [0.2, 0.25) is 16.0 Å². The molecular weight excluding hydrogens is 444 g/mol. The lowest BCUT2D eigenvalue weighted by Crippen LogP contribution is -2.42. The van der Waals surface area contributed by atoms with Crippen LogP contribution in [0.4, 0.5) is 14.7 Å². The van der Waals surface area contributed by atoms with E-state index in [4.69, 9.17) is 0 Å². The molecule has 3 heterocycles. The molecule has 12 heteroatoms. The number of aliphatic hydroxyl groups excluding tert-OH is 1. The second-order valence-electron chi connectivity index (χ2n) is 8.70. The van der Waals surface area contributed by atoms with E-state index in [2.05, 4.69) is 15.3 Å². The van der Waals surface area contributed by atoms with Crippen LogP contribution in [0.15, 0.2) is 17.1 Å². The highest BCUT2D eigenvalue weighted by molar-refractivity contribution is 7.88. The Morgan fingerprint density at radius 1 is 1.22 bits per heavy atom.